The Labute approximate surface area is 73.7 Å². The van der Waals surface area contributed by atoms with Crippen molar-refractivity contribution in [1.82, 2.24) is 15.0 Å². The molecule has 0 aromatic carbocycles. The monoisotopic (exact) mass is 177 g/mol. The van der Waals surface area contributed by atoms with Crippen LogP contribution in [0.4, 0.5) is 0 Å². The van der Waals surface area contributed by atoms with Gasteiger partial charge in [-0.2, -0.15) is 0 Å². The van der Waals surface area contributed by atoms with Crippen molar-refractivity contribution in [3.63, 3.8) is 0 Å². The summed E-state index contributed by atoms with van der Waals surface area (Å²) in [5, 5.41) is 17.8. The molecule has 0 saturated heterocycles. The van der Waals surface area contributed by atoms with Crippen LogP contribution in [0.5, 0.6) is 5.88 Å². The molecule has 2 heterocycles. The number of nitrogens with zero attached hydrogens (tertiary/aromatic N) is 3. The molecule has 66 valence electrons. The Morgan fingerprint density at radius 2 is 2.00 bits per heavy atom. The van der Waals surface area contributed by atoms with Crippen LogP contribution in [-0.4, -0.2) is 25.2 Å². The maximum Gasteiger partial charge on any atom is 0.230 e. The molecule has 2 N–H and O–H groups in total. The summed E-state index contributed by atoms with van der Waals surface area (Å²) in [4.78, 5) is 11.6. The van der Waals surface area contributed by atoms with E-state index in [1.165, 1.54) is 12.4 Å². The quantitative estimate of drug-likeness (QED) is 0.651. The molecule has 13 heavy (non-hydrogen) atoms. The van der Waals surface area contributed by atoms with Crippen molar-refractivity contribution in [1.29, 1.82) is 0 Å². The zero-order valence-electron chi connectivity index (χ0n) is 6.68. The predicted molar refractivity (Wildman–Crippen MR) is 44.9 cm³/mol. The zero-order valence-corrected chi connectivity index (χ0v) is 6.68. The van der Waals surface area contributed by atoms with Gasteiger partial charge in [0.1, 0.15) is 5.52 Å². The fourth-order valence-corrected chi connectivity index (χ4v) is 1.03. The molecule has 0 amide bonds. The van der Waals surface area contributed by atoms with Crippen molar-refractivity contribution in [3.8, 4) is 5.88 Å². The van der Waals surface area contributed by atoms with Crippen LogP contribution in [0, 0.1) is 0 Å². The maximum atomic E-state index is 9.04. The van der Waals surface area contributed by atoms with Crippen molar-refractivity contribution in [3.05, 3.63) is 24.2 Å². The molecule has 2 aromatic heterocycles. The first kappa shape index (κ1) is 7.88. The number of aliphatic hydroxyl groups excluding tert-OH is 1. The van der Waals surface area contributed by atoms with Gasteiger partial charge in [0.15, 0.2) is 0 Å². The third-order valence-corrected chi connectivity index (χ3v) is 1.63. The third-order valence-electron chi connectivity index (χ3n) is 1.63. The van der Waals surface area contributed by atoms with Gasteiger partial charge in [-0.05, 0) is 6.07 Å². The second-order valence-electron chi connectivity index (χ2n) is 2.55. The van der Waals surface area contributed by atoms with Gasteiger partial charge in [-0.3, -0.25) is 4.98 Å². The van der Waals surface area contributed by atoms with Crippen LogP contribution in [0.25, 0.3) is 11.0 Å². The number of hydrogen-bond acceptors (Lipinski definition) is 5. The molecule has 0 aliphatic rings. The second-order valence-corrected chi connectivity index (χ2v) is 2.55. The van der Waals surface area contributed by atoms with E-state index in [-0.39, 0.29) is 12.5 Å². The van der Waals surface area contributed by atoms with E-state index in [0.29, 0.717) is 16.7 Å². The van der Waals surface area contributed by atoms with Gasteiger partial charge in [0.25, 0.3) is 0 Å². The molecule has 0 aliphatic carbocycles. The third kappa shape index (κ3) is 1.41. The highest BCUT2D eigenvalue weighted by molar-refractivity contribution is 5.73. The number of aliphatic hydroxyl groups is 1. The van der Waals surface area contributed by atoms with E-state index in [4.69, 9.17) is 10.2 Å². The van der Waals surface area contributed by atoms with Crippen LogP contribution in [-0.2, 0) is 6.61 Å². The van der Waals surface area contributed by atoms with Crippen molar-refractivity contribution >= 4 is 11.0 Å². The molecule has 0 aliphatic heterocycles. The van der Waals surface area contributed by atoms with E-state index in [9.17, 15) is 0 Å². The molecule has 0 spiro atoms. The van der Waals surface area contributed by atoms with Crippen LogP contribution in [0.2, 0.25) is 0 Å². The van der Waals surface area contributed by atoms with Gasteiger partial charge in [0, 0.05) is 0 Å². The minimum atomic E-state index is -0.146. The van der Waals surface area contributed by atoms with Gasteiger partial charge in [0.2, 0.25) is 5.88 Å². The van der Waals surface area contributed by atoms with Crippen LogP contribution >= 0.6 is 0 Å². The highest BCUT2D eigenvalue weighted by Crippen LogP contribution is 2.12. The van der Waals surface area contributed by atoms with Crippen LogP contribution in [0.3, 0.4) is 0 Å². The Morgan fingerprint density at radius 1 is 1.15 bits per heavy atom. The Morgan fingerprint density at radius 3 is 2.77 bits per heavy atom. The Bertz CT molecular complexity index is 444. The summed E-state index contributed by atoms with van der Waals surface area (Å²) in [6.45, 7) is -0.146. The molecule has 2 aromatic rings. The number of rotatable bonds is 1. The second kappa shape index (κ2) is 2.95. The highest BCUT2D eigenvalue weighted by Gasteiger charge is 2.00. The first-order valence-electron chi connectivity index (χ1n) is 3.71. The van der Waals surface area contributed by atoms with Crippen molar-refractivity contribution in [2.75, 3.05) is 0 Å². The SMILES string of the molecule is OCc1cc2nc(O)cnc2cn1. The van der Waals surface area contributed by atoms with E-state index in [2.05, 4.69) is 15.0 Å². The molecule has 0 fully saturated rings. The topological polar surface area (TPSA) is 79.1 Å². The first-order chi connectivity index (χ1) is 6.29. The van der Waals surface area contributed by atoms with E-state index >= 15 is 0 Å². The fourth-order valence-electron chi connectivity index (χ4n) is 1.03. The van der Waals surface area contributed by atoms with Gasteiger partial charge < -0.3 is 10.2 Å². The van der Waals surface area contributed by atoms with Crippen molar-refractivity contribution in [2.24, 2.45) is 0 Å². The smallest absolute Gasteiger partial charge is 0.230 e. The van der Waals surface area contributed by atoms with Gasteiger partial charge >= 0.3 is 0 Å². The molecule has 0 radical (unpaired) electrons. The standard InChI is InChI=1S/C8H7N3O2/c12-4-5-1-6-7(2-9-5)10-3-8(13)11-6/h1-3,12H,4H2,(H,11,13). The summed E-state index contributed by atoms with van der Waals surface area (Å²) >= 11 is 0. The average molecular weight is 177 g/mol. The van der Waals surface area contributed by atoms with Crippen molar-refractivity contribution in [2.45, 2.75) is 6.61 Å². The minimum absolute atomic E-state index is 0.136. The zero-order chi connectivity index (χ0) is 9.26. The summed E-state index contributed by atoms with van der Waals surface area (Å²) in [6.07, 6.45) is 2.76. The van der Waals surface area contributed by atoms with E-state index in [0.717, 1.165) is 0 Å². The van der Waals surface area contributed by atoms with E-state index in [1.807, 2.05) is 0 Å². The van der Waals surface area contributed by atoms with Crippen LogP contribution < -0.4 is 0 Å². The molecule has 5 nitrogen and oxygen atoms in total. The normalized spacial score (nSPS) is 10.5. The molecular weight excluding hydrogens is 170 g/mol. The minimum Gasteiger partial charge on any atom is -0.492 e. The summed E-state index contributed by atoms with van der Waals surface area (Å²) in [6, 6.07) is 1.59. The van der Waals surface area contributed by atoms with Crippen molar-refractivity contribution < 1.29 is 10.2 Å². The first-order valence-corrected chi connectivity index (χ1v) is 3.71. The predicted octanol–water partition coefficient (Wildman–Crippen LogP) is 0.223. The summed E-state index contributed by atoms with van der Waals surface area (Å²) in [7, 11) is 0. The number of aromatic nitrogens is 3. The van der Waals surface area contributed by atoms with Gasteiger partial charge in [-0.15, -0.1) is 0 Å². The lowest BCUT2D eigenvalue weighted by atomic mass is 10.3. The van der Waals surface area contributed by atoms with E-state index < -0.39 is 0 Å². The number of hydrogen-bond donors (Lipinski definition) is 2. The Kier molecular flexibility index (Phi) is 1.79. The Hall–Kier alpha value is -1.75. The average Bonchev–Trinajstić information content (AvgIpc) is 2.16. The fraction of sp³-hybridized carbons (Fsp3) is 0.125. The molecule has 0 unspecified atom stereocenters. The lowest BCUT2D eigenvalue weighted by Gasteiger charge is -1.98. The molecular formula is C8H7N3O2. The molecule has 0 bridgehead atoms. The molecule has 5 heteroatoms. The largest absolute Gasteiger partial charge is 0.492 e. The Balaban J connectivity index is 2.68. The van der Waals surface area contributed by atoms with Gasteiger partial charge in [-0.25, -0.2) is 9.97 Å². The molecule has 0 atom stereocenters. The number of pyridine rings is 1. The van der Waals surface area contributed by atoms with Crippen LogP contribution in [0.1, 0.15) is 5.69 Å². The molecule has 2 rings (SSSR count). The lowest BCUT2D eigenvalue weighted by Crippen LogP contribution is -1.91. The summed E-state index contributed by atoms with van der Waals surface area (Å²) in [5.74, 6) is -0.136. The lowest BCUT2D eigenvalue weighted by molar-refractivity contribution is 0.277. The summed E-state index contributed by atoms with van der Waals surface area (Å²) < 4.78 is 0. The van der Waals surface area contributed by atoms with Crippen LogP contribution in [0.15, 0.2) is 18.5 Å². The highest BCUT2D eigenvalue weighted by atomic mass is 16.3. The summed E-state index contributed by atoms with van der Waals surface area (Å²) in [5.41, 5.74) is 1.63. The number of fused-ring (bicyclic) bond motifs is 1. The van der Waals surface area contributed by atoms with Gasteiger partial charge in [0.05, 0.1) is 30.2 Å². The molecule has 0 saturated carbocycles. The number of aromatic hydroxyl groups is 1. The van der Waals surface area contributed by atoms with E-state index in [1.54, 1.807) is 6.07 Å². The van der Waals surface area contributed by atoms with Gasteiger partial charge in [-0.1, -0.05) is 0 Å². The maximum absolute atomic E-state index is 9.04.